The summed E-state index contributed by atoms with van der Waals surface area (Å²) in [6.45, 7) is 13.9. The van der Waals surface area contributed by atoms with Crippen LogP contribution in [0.1, 0.15) is 26.3 Å². The summed E-state index contributed by atoms with van der Waals surface area (Å²) >= 11 is 0. The number of nitrogens with one attached hydrogen (secondary N) is 1. The first-order valence-corrected chi connectivity index (χ1v) is 6.98. The topological polar surface area (TPSA) is 24.4 Å². The number of benzene rings is 1. The normalized spacial score (nSPS) is 11.8. The maximum Gasteiger partial charge on any atom is 0.0703 e. The molecule has 0 heterocycles. The Morgan fingerprint density at radius 2 is 1.71 bits per heavy atom. The molecule has 1 N–H and O–H groups in total. The molecule has 0 atom stereocenters. The van der Waals surface area contributed by atoms with Crippen LogP contribution in [0, 0.1) is 0 Å². The van der Waals surface area contributed by atoms with E-state index in [1.54, 1.807) is 6.08 Å². The van der Waals surface area contributed by atoms with Crippen LogP contribution in [0.2, 0.25) is 0 Å². The Morgan fingerprint density at radius 3 is 2.14 bits per heavy atom. The van der Waals surface area contributed by atoms with Gasteiger partial charge in [0, 0.05) is 18.3 Å². The minimum absolute atomic E-state index is 0.842. The zero-order valence-electron chi connectivity index (χ0n) is 13.4. The Bertz CT molecular complexity index is 595. The van der Waals surface area contributed by atoms with Gasteiger partial charge in [-0.15, -0.1) is 0 Å². The van der Waals surface area contributed by atoms with E-state index in [9.17, 15) is 0 Å². The second kappa shape index (κ2) is 8.05. The van der Waals surface area contributed by atoms with Gasteiger partial charge >= 0.3 is 0 Å². The zero-order chi connectivity index (χ0) is 15.8. The van der Waals surface area contributed by atoms with E-state index in [0.29, 0.717) is 0 Å². The molecule has 0 aliphatic heterocycles. The first kappa shape index (κ1) is 16.7. The van der Waals surface area contributed by atoms with Crippen molar-refractivity contribution in [2.24, 2.45) is 4.99 Å². The number of aliphatic imine (C=N–C) groups is 1. The minimum Gasteiger partial charge on any atom is -0.388 e. The van der Waals surface area contributed by atoms with Gasteiger partial charge in [0.1, 0.15) is 0 Å². The summed E-state index contributed by atoms with van der Waals surface area (Å²) in [4.78, 5) is 4.69. The molecule has 0 saturated heterocycles. The van der Waals surface area contributed by atoms with E-state index in [2.05, 4.69) is 37.3 Å². The van der Waals surface area contributed by atoms with Crippen molar-refractivity contribution in [3.05, 3.63) is 78.1 Å². The first-order chi connectivity index (χ1) is 9.97. The van der Waals surface area contributed by atoms with Crippen LogP contribution >= 0.6 is 0 Å². The fourth-order valence-electron chi connectivity index (χ4n) is 1.69. The molecule has 0 saturated carbocycles. The Morgan fingerprint density at radius 1 is 1.10 bits per heavy atom. The van der Waals surface area contributed by atoms with Crippen molar-refractivity contribution in [3.8, 4) is 0 Å². The molecule has 0 spiro atoms. The van der Waals surface area contributed by atoms with Gasteiger partial charge in [0.2, 0.25) is 0 Å². The number of anilines is 1. The average Bonchev–Trinajstić information content (AvgIpc) is 2.47. The molecule has 0 amide bonds. The minimum atomic E-state index is 0.842. The molecule has 0 aliphatic carbocycles. The Balaban J connectivity index is 3.21. The smallest absolute Gasteiger partial charge is 0.0703 e. The molecular formula is C19H24N2. The number of hydrogen-bond acceptors (Lipinski definition) is 2. The molecule has 2 heteroatoms. The lowest BCUT2D eigenvalue weighted by Crippen LogP contribution is -1.98. The zero-order valence-corrected chi connectivity index (χ0v) is 13.4. The van der Waals surface area contributed by atoms with Crippen LogP contribution in [-0.2, 0) is 0 Å². The Kier molecular flexibility index (Phi) is 6.41. The van der Waals surface area contributed by atoms with Crippen molar-refractivity contribution in [3.63, 3.8) is 0 Å². The molecular weight excluding hydrogens is 256 g/mol. The molecule has 0 aromatic heterocycles. The van der Waals surface area contributed by atoms with Gasteiger partial charge in [-0.3, -0.25) is 0 Å². The van der Waals surface area contributed by atoms with Gasteiger partial charge in [-0.25, -0.2) is 4.99 Å². The van der Waals surface area contributed by atoms with Crippen LogP contribution in [0.4, 0.5) is 5.69 Å². The molecule has 0 unspecified atom stereocenters. The van der Waals surface area contributed by atoms with Gasteiger partial charge in [-0.2, -0.15) is 0 Å². The lowest BCUT2D eigenvalue weighted by Gasteiger charge is -2.06. The number of hydrogen-bond donors (Lipinski definition) is 1. The molecule has 0 bridgehead atoms. The summed E-state index contributed by atoms with van der Waals surface area (Å²) in [5, 5.41) is 3.10. The highest BCUT2D eigenvalue weighted by molar-refractivity contribution is 6.09. The van der Waals surface area contributed by atoms with Crippen molar-refractivity contribution in [2.75, 3.05) is 12.4 Å². The van der Waals surface area contributed by atoms with Gasteiger partial charge in [-0.1, -0.05) is 36.9 Å². The van der Waals surface area contributed by atoms with Crippen molar-refractivity contribution < 1.29 is 0 Å². The van der Waals surface area contributed by atoms with Gasteiger partial charge < -0.3 is 5.32 Å². The molecule has 0 aliphatic rings. The first-order valence-electron chi connectivity index (χ1n) is 6.98. The van der Waals surface area contributed by atoms with Crippen molar-refractivity contribution >= 4 is 11.4 Å². The van der Waals surface area contributed by atoms with Crippen LogP contribution in [0.5, 0.6) is 0 Å². The molecule has 0 radical (unpaired) electrons. The predicted molar refractivity (Wildman–Crippen MR) is 95.1 cm³/mol. The standard InChI is InChI=1S/C19H24N2/c1-7-18(16-9-11-17(20-6)12-10-16)21-19(15(4)5)13-8-14(2)3/h7-13,20H,1,4H2,2-3,5-6H3/b19-13+,21-18?. The molecule has 21 heavy (non-hydrogen) atoms. The van der Waals surface area contributed by atoms with Crippen LogP contribution < -0.4 is 5.32 Å². The van der Waals surface area contributed by atoms with E-state index in [4.69, 9.17) is 0 Å². The average molecular weight is 280 g/mol. The van der Waals surface area contributed by atoms with Gasteiger partial charge in [0.05, 0.1) is 11.4 Å². The fraction of sp³-hybridized carbons (Fsp3) is 0.211. The van der Waals surface area contributed by atoms with Crippen LogP contribution in [0.25, 0.3) is 0 Å². The number of nitrogens with zero attached hydrogens (tertiary/aromatic N) is 1. The van der Waals surface area contributed by atoms with E-state index in [1.165, 1.54) is 5.57 Å². The van der Waals surface area contributed by atoms with E-state index < -0.39 is 0 Å². The third-order valence-corrected chi connectivity index (χ3v) is 2.92. The van der Waals surface area contributed by atoms with Crippen molar-refractivity contribution in [1.82, 2.24) is 0 Å². The molecule has 1 rings (SSSR count). The second-order valence-electron chi connectivity index (χ2n) is 5.10. The largest absolute Gasteiger partial charge is 0.388 e. The maximum atomic E-state index is 4.69. The SMILES string of the molecule is C=CC(=N/C(=C/C=C(C)C)C(=C)C)c1ccc(NC)cc1. The summed E-state index contributed by atoms with van der Waals surface area (Å²) in [5.41, 5.74) is 5.97. The van der Waals surface area contributed by atoms with E-state index in [-0.39, 0.29) is 0 Å². The third-order valence-electron chi connectivity index (χ3n) is 2.92. The Labute approximate surface area is 128 Å². The highest BCUT2D eigenvalue weighted by atomic mass is 14.8. The third kappa shape index (κ3) is 5.27. The van der Waals surface area contributed by atoms with Gasteiger partial charge in [0.25, 0.3) is 0 Å². The lowest BCUT2D eigenvalue weighted by molar-refractivity contribution is 1.28. The number of rotatable bonds is 6. The van der Waals surface area contributed by atoms with Crippen molar-refractivity contribution in [1.29, 1.82) is 0 Å². The monoisotopic (exact) mass is 280 g/mol. The molecule has 0 fully saturated rings. The van der Waals surface area contributed by atoms with E-state index in [1.807, 2.05) is 50.4 Å². The fourth-order valence-corrected chi connectivity index (χ4v) is 1.69. The summed E-state index contributed by atoms with van der Waals surface area (Å²) in [5.74, 6) is 0. The van der Waals surface area contributed by atoms with Crippen LogP contribution in [0.3, 0.4) is 0 Å². The Hall–Kier alpha value is -2.35. The summed E-state index contributed by atoms with van der Waals surface area (Å²) in [7, 11) is 1.90. The molecule has 1 aromatic rings. The van der Waals surface area contributed by atoms with E-state index >= 15 is 0 Å². The van der Waals surface area contributed by atoms with Crippen LogP contribution in [0.15, 0.2) is 77.5 Å². The highest BCUT2D eigenvalue weighted by Crippen LogP contribution is 2.15. The van der Waals surface area contributed by atoms with Crippen molar-refractivity contribution in [2.45, 2.75) is 20.8 Å². The predicted octanol–water partition coefficient (Wildman–Crippen LogP) is 5.13. The van der Waals surface area contributed by atoms with Gasteiger partial charge in [-0.05, 0) is 50.6 Å². The summed E-state index contributed by atoms with van der Waals surface area (Å²) in [6.07, 6.45) is 5.80. The molecule has 1 aromatic carbocycles. The highest BCUT2D eigenvalue weighted by Gasteiger charge is 2.02. The molecule has 2 nitrogen and oxygen atoms in total. The van der Waals surface area contributed by atoms with Crippen LogP contribution in [-0.4, -0.2) is 12.8 Å². The van der Waals surface area contributed by atoms with Gasteiger partial charge in [0.15, 0.2) is 0 Å². The lowest BCUT2D eigenvalue weighted by atomic mass is 10.1. The maximum absolute atomic E-state index is 4.69. The molecule has 110 valence electrons. The summed E-state index contributed by atoms with van der Waals surface area (Å²) < 4.78 is 0. The summed E-state index contributed by atoms with van der Waals surface area (Å²) in [6, 6.07) is 8.11. The second-order valence-corrected chi connectivity index (χ2v) is 5.10. The quantitative estimate of drug-likeness (QED) is 0.567. The van der Waals surface area contributed by atoms with E-state index in [0.717, 1.165) is 28.2 Å². The number of allylic oxidation sites excluding steroid dienone is 5.